The number of Topliss-reactive ketones (excluding diaryl/α,β-unsaturated/α-hetero) is 1. The average molecular weight is 433 g/mol. The normalized spacial score (nSPS) is 10.8. The molecule has 0 aliphatic carbocycles. The summed E-state index contributed by atoms with van der Waals surface area (Å²) in [6.45, 7) is 0. The largest absolute Gasteiger partial charge is 0.438 e. The number of aromatic nitrogens is 2. The monoisotopic (exact) mass is 432 g/mol. The molecule has 0 aliphatic rings. The molecule has 4 nitrogen and oxygen atoms in total. The van der Waals surface area contributed by atoms with Crippen molar-refractivity contribution in [3.63, 3.8) is 0 Å². The Morgan fingerprint density at radius 3 is 2.32 bits per heavy atom. The standard InChI is InChI=1S/C23H17BrN2O2/c24-18-8-11-21-22(14-18)25-15-26-23(21)28-20-9-6-17(7-10-20)13-19(27)12-16-4-2-1-3-5-16/h1-11,14-15H,12-13H2. The van der Waals surface area contributed by atoms with Crippen molar-refractivity contribution >= 4 is 32.6 Å². The van der Waals surface area contributed by atoms with Crippen LogP contribution in [-0.4, -0.2) is 15.8 Å². The number of fused-ring (bicyclic) bond motifs is 1. The number of benzene rings is 3. The highest BCUT2D eigenvalue weighted by atomic mass is 79.9. The maximum Gasteiger partial charge on any atom is 0.230 e. The number of ketones is 1. The third kappa shape index (κ3) is 4.43. The van der Waals surface area contributed by atoms with E-state index in [1.165, 1.54) is 6.33 Å². The fourth-order valence-corrected chi connectivity index (χ4v) is 3.34. The van der Waals surface area contributed by atoms with Gasteiger partial charge in [0.2, 0.25) is 5.88 Å². The van der Waals surface area contributed by atoms with Crippen molar-refractivity contribution in [2.24, 2.45) is 0 Å². The Morgan fingerprint density at radius 1 is 0.857 bits per heavy atom. The molecule has 0 saturated heterocycles. The molecule has 0 fully saturated rings. The number of carbonyl (C=O) groups excluding carboxylic acids is 1. The number of hydrogen-bond acceptors (Lipinski definition) is 4. The topological polar surface area (TPSA) is 52.1 Å². The van der Waals surface area contributed by atoms with Gasteiger partial charge in [-0.05, 0) is 41.5 Å². The Labute approximate surface area is 171 Å². The zero-order valence-electron chi connectivity index (χ0n) is 15.0. The van der Waals surface area contributed by atoms with Crippen LogP contribution in [0.15, 0.2) is 83.6 Å². The Kier molecular flexibility index (Phi) is 5.44. The number of carbonyl (C=O) groups is 1. The van der Waals surface area contributed by atoms with E-state index in [1.807, 2.05) is 72.8 Å². The second-order valence-corrected chi connectivity index (χ2v) is 7.38. The molecule has 0 saturated carbocycles. The van der Waals surface area contributed by atoms with Crippen molar-refractivity contribution in [2.75, 3.05) is 0 Å². The zero-order chi connectivity index (χ0) is 19.3. The maximum absolute atomic E-state index is 12.3. The lowest BCUT2D eigenvalue weighted by molar-refractivity contribution is -0.117. The quantitative estimate of drug-likeness (QED) is 0.401. The highest BCUT2D eigenvalue weighted by molar-refractivity contribution is 9.10. The molecule has 1 aromatic heterocycles. The number of halogens is 1. The lowest BCUT2D eigenvalue weighted by Gasteiger charge is -2.08. The van der Waals surface area contributed by atoms with E-state index in [4.69, 9.17) is 4.74 Å². The SMILES string of the molecule is O=C(Cc1ccccc1)Cc1ccc(Oc2ncnc3cc(Br)ccc23)cc1. The lowest BCUT2D eigenvalue weighted by Crippen LogP contribution is -2.06. The molecule has 5 heteroatoms. The molecular formula is C23H17BrN2O2. The van der Waals surface area contributed by atoms with Crippen molar-refractivity contribution in [1.82, 2.24) is 9.97 Å². The van der Waals surface area contributed by atoms with Crippen molar-refractivity contribution in [2.45, 2.75) is 12.8 Å². The van der Waals surface area contributed by atoms with Gasteiger partial charge >= 0.3 is 0 Å². The minimum atomic E-state index is 0.187. The molecule has 3 aromatic carbocycles. The third-order valence-electron chi connectivity index (χ3n) is 4.35. The van der Waals surface area contributed by atoms with E-state index in [-0.39, 0.29) is 5.78 Å². The van der Waals surface area contributed by atoms with E-state index in [0.717, 1.165) is 26.5 Å². The van der Waals surface area contributed by atoms with E-state index in [1.54, 1.807) is 0 Å². The first-order chi connectivity index (χ1) is 13.7. The van der Waals surface area contributed by atoms with Crippen molar-refractivity contribution < 1.29 is 9.53 Å². The molecule has 0 N–H and O–H groups in total. The minimum Gasteiger partial charge on any atom is -0.438 e. The van der Waals surface area contributed by atoms with Gasteiger partial charge in [0, 0.05) is 17.3 Å². The van der Waals surface area contributed by atoms with Crippen LogP contribution in [0.2, 0.25) is 0 Å². The molecule has 1 heterocycles. The van der Waals surface area contributed by atoms with Crippen LogP contribution in [0.25, 0.3) is 10.9 Å². The summed E-state index contributed by atoms with van der Waals surface area (Å²) >= 11 is 3.44. The van der Waals surface area contributed by atoms with Gasteiger partial charge in [-0.15, -0.1) is 0 Å². The number of ether oxygens (including phenoxy) is 1. The van der Waals surface area contributed by atoms with Gasteiger partial charge in [0.25, 0.3) is 0 Å². The predicted molar refractivity (Wildman–Crippen MR) is 113 cm³/mol. The van der Waals surface area contributed by atoms with Crippen LogP contribution in [0.1, 0.15) is 11.1 Å². The number of rotatable bonds is 6. The molecule has 0 amide bonds. The van der Waals surface area contributed by atoms with Gasteiger partial charge in [-0.1, -0.05) is 58.4 Å². The van der Waals surface area contributed by atoms with Crippen LogP contribution < -0.4 is 4.74 Å². The summed E-state index contributed by atoms with van der Waals surface area (Å²) < 4.78 is 6.89. The van der Waals surface area contributed by atoms with E-state index in [2.05, 4.69) is 25.9 Å². The van der Waals surface area contributed by atoms with Crippen LogP contribution in [0.5, 0.6) is 11.6 Å². The van der Waals surface area contributed by atoms with Gasteiger partial charge in [0.05, 0.1) is 10.9 Å². The fraction of sp³-hybridized carbons (Fsp3) is 0.0870. The Bertz CT molecular complexity index is 1110. The number of nitrogens with zero attached hydrogens (tertiary/aromatic N) is 2. The van der Waals surface area contributed by atoms with Crippen molar-refractivity contribution in [1.29, 1.82) is 0 Å². The zero-order valence-corrected chi connectivity index (χ0v) is 16.6. The van der Waals surface area contributed by atoms with Gasteiger partial charge in [-0.2, -0.15) is 0 Å². The predicted octanol–water partition coefficient (Wildman–Crippen LogP) is 5.54. The average Bonchev–Trinajstić information content (AvgIpc) is 2.70. The van der Waals surface area contributed by atoms with Crippen molar-refractivity contribution in [3.8, 4) is 11.6 Å². The summed E-state index contributed by atoms with van der Waals surface area (Å²) in [7, 11) is 0. The molecule has 0 unspecified atom stereocenters. The molecule has 0 bridgehead atoms. The van der Waals surface area contributed by atoms with Gasteiger partial charge in [0.15, 0.2) is 0 Å². The first kappa shape index (κ1) is 18.3. The fourth-order valence-electron chi connectivity index (χ4n) is 2.99. The highest BCUT2D eigenvalue weighted by Gasteiger charge is 2.08. The molecule has 138 valence electrons. The third-order valence-corrected chi connectivity index (χ3v) is 4.84. The van der Waals surface area contributed by atoms with E-state index in [0.29, 0.717) is 24.5 Å². The van der Waals surface area contributed by atoms with Crippen LogP contribution in [0, 0.1) is 0 Å². The van der Waals surface area contributed by atoms with E-state index >= 15 is 0 Å². The number of hydrogen-bond donors (Lipinski definition) is 0. The first-order valence-electron chi connectivity index (χ1n) is 8.90. The van der Waals surface area contributed by atoms with Gasteiger partial charge in [0.1, 0.15) is 17.9 Å². The molecule has 4 rings (SSSR count). The lowest BCUT2D eigenvalue weighted by atomic mass is 10.0. The van der Waals surface area contributed by atoms with Crippen LogP contribution >= 0.6 is 15.9 Å². The highest BCUT2D eigenvalue weighted by Crippen LogP contribution is 2.28. The van der Waals surface area contributed by atoms with Crippen LogP contribution in [0.4, 0.5) is 0 Å². The molecule has 0 radical (unpaired) electrons. The van der Waals surface area contributed by atoms with Crippen LogP contribution in [-0.2, 0) is 17.6 Å². The maximum atomic E-state index is 12.3. The first-order valence-corrected chi connectivity index (χ1v) is 9.69. The van der Waals surface area contributed by atoms with Gasteiger partial charge in [-0.25, -0.2) is 9.97 Å². The van der Waals surface area contributed by atoms with Gasteiger partial charge < -0.3 is 4.74 Å². The Morgan fingerprint density at radius 2 is 1.57 bits per heavy atom. The Hall–Kier alpha value is -3.05. The van der Waals surface area contributed by atoms with Crippen LogP contribution in [0.3, 0.4) is 0 Å². The summed E-state index contributed by atoms with van der Waals surface area (Å²) in [6.07, 6.45) is 2.34. The molecular weight excluding hydrogens is 416 g/mol. The second-order valence-electron chi connectivity index (χ2n) is 6.46. The summed E-state index contributed by atoms with van der Waals surface area (Å²) in [4.78, 5) is 20.8. The molecule has 0 spiro atoms. The van der Waals surface area contributed by atoms with Gasteiger partial charge in [-0.3, -0.25) is 4.79 Å². The Balaban J connectivity index is 1.44. The molecule has 28 heavy (non-hydrogen) atoms. The van der Waals surface area contributed by atoms with E-state index < -0.39 is 0 Å². The summed E-state index contributed by atoms with van der Waals surface area (Å²) in [5, 5.41) is 0.841. The summed E-state index contributed by atoms with van der Waals surface area (Å²) in [5.74, 6) is 1.36. The minimum absolute atomic E-state index is 0.187. The van der Waals surface area contributed by atoms with E-state index in [9.17, 15) is 4.79 Å². The second kappa shape index (κ2) is 8.31. The summed E-state index contributed by atoms with van der Waals surface area (Å²) in [5.41, 5.74) is 2.81. The molecule has 0 aliphatic heterocycles. The smallest absolute Gasteiger partial charge is 0.230 e. The summed E-state index contributed by atoms with van der Waals surface area (Å²) in [6, 6.07) is 23.1. The molecule has 0 atom stereocenters. The molecule has 4 aromatic rings. The van der Waals surface area contributed by atoms with Crippen molar-refractivity contribution in [3.05, 3.63) is 94.7 Å².